The predicted octanol–water partition coefficient (Wildman–Crippen LogP) is -0.130. The van der Waals surface area contributed by atoms with Crippen molar-refractivity contribution in [2.75, 3.05) is 12.8 Å². The van der Waals surface area contributed by atoms with Gasteiger partial charge in [-0.15, -0.1) is 0 Å². The van der Waals surface area contributed by atoms with Gasteiger partial charge < -0.3 is 10.5 Å². The van der Waals surface area contributed by atoms with Gasteiger partial charge in [-0.2, -0.15) is 0 Å². The van der Waals surface area contributed by atoms with Crippen molar-refractivity contribution in [3.63, 3.8) is 0 Å². The molecule has 0 spiro atoms. The van der Waals surface area contributed by atoms with Crippen molar-refractivity contribution in [1.82, 2.24) is 0 Å². The number of pyridine rings is 1. The number of anilines is 1. The highest BCUT2D eigenvalue weighted by atomic mass is 16.5. The van der Waals surface area contributed by atoms with E-state index in [1.165, 1.54) is 13.3 Å². The minimum absolute atomic E-state index is 0.356. The standard InChI is InChI=1S/C7H8N2O2/c1-11-7(10)5-4-9-3-2-6(5)8/h2-4H,1H3,(H2,8,9)/p+1. The van der Waals surface area contributed by atoms with Crippen molar-refractivity contribution in [3.05, 3.63) is 24.0 Å². The molecule has 0 fully saturated rings. The number of esters is 1. The van der Waals surface area contributed by atoms with Crippen LogP contribution in [0.3, 0.4) is 0 Å². The van der Waals surface area contributed by atoms with Crippen LogP contribution in [-0.4, -0.2) is 13.1 Å². The molecule has 0 atom stereocenters. The second-order valence-corrected chi connectivity index (χ2v) is 2.00. The lowest BCUT2D eigenvalue weighted by Gasteiger charge is -1.97. The number of nitrogens with one attached hydrogen (secondary N) is 1. The lowest BCUT2D eigenvalue weighted by Crippen LogP contribution is -2.11. The maximum Gasteiger partial charge on any atom is 0.346 e. The molecule has 0 saturated carbocycles. The zero-order valence-electron chi connectivity index (χ0n) is 6.13. The van der Waals surface area contributed by atoms with E-state index in [2.05, 4.69) is 9.72 Å². The van der Waals surface area contributed by atoms with Crippen LogP contribution in [0.1, 0.15) is 10.4 Å². The molecule has 0 bridgehead atoms. The quantitative estimate of drug-likeness (QED) is 0.571. The van der Waals surface area contributed by atoms with E-state index >= 15 is 0 Å². The Labute approximate surface area is 64.0 Å². The first-order chi connectivity index (χ1) is 5.25. The summed E-state index contributed by atoms with van der Waals surface area (Å²) in [4.78, 5) is 13.6. The Morgan fingerprint density at radius 2 is 2.45 bits per heavy atom. The highest BCUT2D eigenvalue weighted by Gasteiger charge is 2.11. The summed E-state index contributed by atoms with van der Waals surface area (Å²) in [6, 6.07) is 1.60. The number of nitrogen functional groups attached to an aromatic ring is 1. The number of nitrogens with two attached hydrogens (primary N) is 1. The number of carbonyl (C=O) groups excluding carboxylic acids is 1. The monoisotopic (exact) mass is 153 g/mol. The van der Waals surface area contributed by atoms with Gasteiger partial charge in [-0.05, 0) is 0 Å². The molecule has 0 saturated heterocycles. The van der Waals surface area contributed by atoms with Crippen LogP contribution in [-0.2, 0) is 4.74 Å². The van der Waals surface area contributed by atoms with E-state index in [1.54, 1.807) is 12.3 Å². The van der Waals surface area contributed by atoms with Gasteiger partial charge in [-0.25, -0.2) is 9.78 Å². The molecule has 58 valence electrons. The zero-order valence-corrected chi connectivity index (χ0v) is 6.13. The number of H-pyrrole nitrogens is 1. The Balaban J connectivity index is 3.03. The second kappa shape index (κ2) is 3.01. The van der Waals surface area contributed by atoms with Gasteiger partial charge in [-0.3, -0.25) is 0 Å². The predicted molar refractivity (Wildman–Crippen MR) is 38.7 cm³/mol. The molecule has 4 heteroatoms. The van der Waals surface area contributed by atoms with Crippen LogP contribution in [0, 0.1) is 0 Å². The van der Waals surface area contributed by atoms with Gasteiger partial charge in [0.05, 0.1) is 12.8 Å². The summed E-state index contributed by atoms with van der Waals surface area (Å²) in [5.74, 6) is -0.431. The number of aromatic amines is 1. The summed E-state index contributed by atoms with van der Waals surface area (Å²) in [5, 5.41) is 0. The molecule has 1 aromatic heterocycles. The number of ether oxygens (including phenoxy) is 1. The van der Waals surface area contributed by atoms with Crippen molar-refractivity contribution < 1.29 is 14.5 Å². The summed E-state index contributed by atoms with van der Waals surface area (Å²) < 4.78 is 4.48. The smallest absolute Gasteiger partial charge is 0.346 e. The average Bonchev–Trinajstić information content (AvgIpc) is 2.04. The Morgan fingerprint density at radius 1 is 1.73 bits per heavy atom. The molecule has 0 aliphatic carbocycles. The molecule has 0 radical (unpaired) electrons. The highest BCUT2D eigenvalue weighted by molar-refractivity contribution is 5.94. The van der Waals surface area contributed by atoms with E-state index in [-0.39, 0.29) is 0 Å². The fourth-order valence-electron chi connectivity index (χ4n) is 0.729. The van der Waals surface area contributed by atoms with Crippen LogP contribution in [0.5, 0.6) is 0 Å². The zero-order chi connectivity index (χ0) is 8.27. The average molecular weight is 153 g/mol. The summed E-state index contributed by atoms with van der Waals surface area (Å²) >= 11 is 0. The molecule has 0 unspecified atom stereocenters. The van der Waals surface area contributed by atoms with Gasteiger partial charge >= 0.3 is 5.97 Å². The molecule has 0 aliphatic heterocycles. The van der Waals surface area contributed by atoms with E-state index in [1.807, 2.05) is 0 Å². The van der Waals surface area contributed by atoms with E-state index < -0.39 is 5.97 Å². The molecular formula is C7H9N2O2+. The molecule has 1 heterocycles. The van der Waals surface area contributed by atoms with Crippen LogP contribution in [0.4, 0.5) is 5.69 Å². The van der Waals surface area contributed by atoms with Gasteiger partial charge in [0.2, 0.25) is 0 Å². The second-order valence-electron chi connectivity index (χ2n) is 2.00. The SMILES string of the molecule is COC(=O)c1c[nH+]ccc1N. The van der Waals surface area contributed by atoms with Crippen LogP contribution in [0.2, 0.25) is 0 Å². The topological polar surface area (TPSA) is 66.5 Å². The van der Waals surface area contributed by atoms with E-state index in [9.17, 15) is 4.79 Å². The molecule has 1 rings (SSSR count). The first-order valence-corrected chi connectivity index (χ1v) is 3.09. The Kier molecular flexibility index (Phi) is 2.06. The van der Waals surface area contributed by atoms with Crippen LogP contribution < -0.4 is 10.7 Å². The number of aromatic nitrogens is 1. The minimum atomic E-state index is -0.431. The van der Waals surface area contributed by atoms with Crippen molar-refractivity contribution in [1.29, 1.82) is 0 Å². The van der Waals surface area contributed by atoms with Crippen LogP contribution >= 0.6 is 0 Å². The van der Waals surface area contributed by atoms with Gasteiger partial charge in [0, 0.05) is 6.07 Å². The Hall–Kier alpha value is -1.58. The minimum Gasteiger partial charge on any atom is -0.465 e. The molecule has 0 aromatic carbocycles. The Morgan fingerprint density at radius 3 is 3.00 bits per heavy atom. The molecule has 0 amide bonds. The highest BCUT2D eigenvalue weighted by Crippen LogP contribution is 2.07. The maximum absolute atomic E-state index is 10.9. The van der Waals surface area contributed by atoms with Crippen molar-refractivity contribution in [3.8, 4) is 0 Å². The fourth-order valence-corrected chi connectivity index (χ4v) is 0.729. The summed E-state index contributed by atoms with van der Waals surface area (Å²) in [7, 11) is 1.31. The molecular weight excluding hydrogens is 144 g/mol. The van der Waals surface area contributed by atoms with E-state index in [0.29, 0.717) is 11.3 Å². The molecule has 3 N–H and O–H groups in total. The van der Waals surface area contributed by atoms with Crippen molar-refractivity contribution in [2.24, 2.45) is 0 Å². The Bertz CT molecular complexity index is 273. The number of hydrogen-bond acceptors (Lipinski definition) is 3. The third-order valence-electron chi connectivity index (χ3n) is 1.30. The van der Waals surface area contributed by atoms with Crippen molar-refractivity contribution >= 4 is 11.7 Å². The van der Waals surface area contributed by atoms with E-state index in [4.69, 9.17) is 5.73 Å². The largest absolute Gasteiger partial charge is 0.465 e. The van der Waals surface area contributed by atoms with Crippen LogP contribution in [0.15, 0.2) is 18.5 Å². The fraction of sp³-hybridized carbons (Fsp3) is 0.143. The summed E-state index contributed by atoms with van der Waals surface area (Å²) in [5.41, 5.74) is 6.25. The normalized spacial score (nSPS) is 9.18. The number of carbonyl (C=O) groups is 1. The lowest BCUT2D eigenvalue weighted by atomic mass is 10.2. The number of rotatable bonds is 1. The van der Waals surface area contributed by atoms with Gasteiger partial charge in [0.25, 0.3) is 0 Å². The van der Waals surface area contributed by atoms with Crippen LogP contribution in [0.25, 0.3) is 0 Å². The third-order valence-corrected chi connectivity index (χ3v) is 1.30. The molecule has 1 aromatic rings. The summed E-state index contributed by atoms with van der Waals surface area (Å²) in [6.45, 7) is 0. The van der Waals surface area contributed by atoms with Gasteiger partial charge in [-0.1, -0.05) is 0 Å². The lowest BCUT2D eigenvalue weighted by molar-refractivity contribution is -0.378. The van der Waals surface area contributed by atoms with Gasteiger partial charge in [0.15, 0.2) is 12.4 Å². The van der Waals surface area contributed by atoms with E-state index in [0.717, 1.165) is 0 Å². The molecule has 4 nitrogen and oxygen atoms in total. The first-order valence-electron chi connectivity index (χ1n) is 3.09. The summed E-state index contributed by atoms with van der Waals surface area (Å²) in [6.07, 6.45) is 3.14. The number of methoxy groups -OCH3 is 1. The van der Waals surface area contributed by atoms with Crippen molar-refractivity contribution in [2.45, 2.75) is 0 Å². The molecule has 0 aliphatic rings. The third kappa shape index (κ3) is 1.46. The first kappa shape index (κ1) is 7.53. The maximum atomic E-state index is 10.9. The van der Waals surface area contributed by atoms with Gasteiger partial charge in [0.1, 0.15) is 5.56 Å². The number of hydrogen-bond donors (Lipinski definition) is 1. The molecule has 11 heavy (non-hydrogen) atoms.